The Kier molecular flexibility index (Phi) is 11.2. The number of anilines is 2. The van der Waals surface area contributed by atoms with Gasteiger partial charge in [0, 0.05) is 55.6 Å². The SMILES string of the molecule is CCN(CC(O)C(Cc1ccccc1)NC(=O)c1cc(N2CCCCC2)cc(N2CCCC2=O)c1)C(=O)NC1CCCCC1. The molecule has 2 saturated heterocycles. The van der Waals surface area contributed by atoms with Gasteiger partial charge in [0.2, 0.25) is 5.91 Å². The van der Waals surface area contributed by atoms with E-state index in [0.29, 0.717) is 31.5 Å². The van der Waals surface area contributed by atoms with Crippen molar-refractivity contribution in [2.24, 2.45) is 0 Å². The second-order valence-electron chi connectivity index (χ2n) is 12.6. The number of benzene rings is 2. The molecule has 5 rings (SSSR count). The minimum Gasteiger partial charge on any atom is -0.389 e. The molecular formula is C35H49N5O4. The van der Waals surface area contributed by atoms with Crippen molar-refractivity contribution >= 4 is 29.2 Å². The molecule has 2 heterocycles. The molecule has 3 fully saturated rings. The Hall–Kier alpha value is -3.59. The molecule has 1 aliphatic carbocycles. The zero-order chi connectivity index (χ0) is 30.9. The maximum atomic E-state index is 13.9. The summed E-state index contributed by atoms with van der Waals surface area (Å²) in [5.41, 5.74) is 3.15. The number of hydrogen-bond donors (Lipinski definition) is 3. The lowest BCUT2D eigenvalue weighted by atomic mass is 9.96. The molecule has 238 valence electrons. The molecule has 2 aromatic rings. The first-order valence-electron chi connectivity index (χ1n) is 16.7. The summed E-state index contributed by atoms with van der Waals surface area (Å²) in [5.74, 6) is -0.220. The molecule has 0 bridgehead atoms. The van der Waals surface area contributed by atoms with Crippen LogP contribution in [0.15, 0.2) is 48.5 Å². The third kappa shape index (κ3) is 8.31. The summed E-state index contributed by atoms with van der Waals surface area (Å²) in [4.78, 5) is 45.5. The first kappa shape index (κ1) is 31.8. The van der Waals surface area contributed by atoms with Crippen LogP contribution >= 0.6 is 0 Å². The summed E-state index contributed by atoms with van der Waals surface area (Å²) in [6, 6.07) is 14.9. The molecule has 0 spiro atoms. The van der Waals surface area contributed by atoms with Crippen LogP contribution in [0.4, 0.5) is 16.2 Å². The predicted octanol–water partition coefficient (Wildman–Crippen LogP) is 4.87. The van der Waals surface area contributed by atoms with E-state index in [9.17, 15) is 19.5 Å². The van der Waals surface area contributed by atoms with Crippen molar-refractivity contribution in [2.45, 2.75) is 95.7 Å². The molecule has 3 N–H and O–H groups in total. The van der Waals surface area contributed by atoms with Gasteiger partial charge in [-0.3, -0.25) is 9.59 Å². The van der Waals surface area contributed by atoms with Crippen LogP contribution in [0, 0.1) is 0 Å². The Morgan fingerprint density at radius 1 is 0.932 bits per heavy atom. The highest BCUT2D eigenvalue weighted by molar-refractivity contribution is 6.00. The van der Waals surface area contributed by atoms with Crippen molar-refractivity contribution < 1.29 is 19.5 Å². The van der Waals surface area contributed by atoms with Crippen LogP contribution in [0.3, 0.4) is 0 Å². The molecule has 44 heavy (non-hydrogen) atoms. The zero-order valence-corrected chi connectivity index (χ0v) is 26.2. The molecule has 2 aromatic carbocycles. The summed E-state index contributed by atoms with van der Waals surface area (Å²) in [6.45, 7) is 4.95. The van der Waals surface area contributed by atoms with Gasteiger partial charge in [0.25, 0.3) is 5.91 Å². The van der Waals surface area contributed by atoms with E-state index in [0.717, 1.165) is 75.0 Å². The standard InChI is InChI=1S/C35H49N5O4/c1-2-38(35(44)36-28-15-8-4-9-16-28)25-32(41)31(21-26-13-6-3-7-14-26)37-34(43)27-22-29(39-18-10-5-11-19-39)24-30(23-27)40-20-12-17-33(40)42/h3,6-7,13-14,22-24,28,31-32,41H,2,4-5,8-12,15-21,25H2,1H3,(H,36,44)(H,37,43). The van der Waals surface area contributed by atoms with Crippen molar-refractivity contribution in [1.82, 2.24) is 15.5 Å². The van der Waals surface area contributed by atoms with E-state index < -0.39 is 12.1 Å². The van der Waals surface area contributed by atoms with Gasteiger partial charge in [-0.1, -0.05) is 49.6 Å². The van der Waals surface area contributed by atoms with Gasteiger partial charge in [-0.05, 0) is 75.6 Å². The van der Waals surface area contributed by atoms with Crippen molar-refractivity contribution in [3.8, 4) is 0 Å². The highest BCUT2D eigenvalue weighted by Gasteiger charge is 2.29. The van der Waals surface area contributed by atoms with Crippen LogP contribution in [0.5, 0.6) is 0 Å². The van der Waals surface area contributed by atoms with Gasteiger partial charge >= 0.3 is 6.03 Å². The Morgan fingerprint density at radius 2 is 1.64 bits per heavy atom. The fourth-order valence-corrected chi connectivity index (χ4v) is 6.76. The first-order valence-corrected chi connectivity index (χ1v) is 16.7. The third-order valence-corrected chi connectivity index (χ3v) is 9.36. The average molecular weight is 604 g/mol. The minimum absolute atomic E-state index is 0.0793. The number of aliphatic hydroxyl groups excluding tert-OH is 1. The van der Waals surface area contributed by atoms with Crippen LogP contribution in [-0.2, 0) is 11.2 Å². The number of carbonyl (C=O) groups excluding carboxylic acids is 3. The highest BCUT2D eigenvalue weighted by atomic mass is 16.3. The maximum Gasteiger partial charge on any atom is 0.317 e. The number of amides is 4. The van der Waals surface area contributed by atoms with Crippen molar-refractivity contribution in [3.05, 3.63) is 59.7 Å². The number of hydrogen-bond acceptors (Lipinski definition) is 5. The van der Waals surface area contributed by atoms with E-state index in [-0.39, 0.29) is 30.4 Å². The van der Waals surface area contributed by atoms with Crippen LogP contribution in [0.2, 0.25) is 0 Å². The zero-order valence-electron chi connectivity index (χ0n) is 26.2. The second-order valence-corrected chi connectivity index (χ2v) is 12.6. The average Bonchev–Trinajstić information content (AvgIpc) is 3.50. The molecular weight excluding hydrogens is 554 g/mol. The molecule has 1 saturated carbocycles. The lowest BCUT2D eigenvalue weighted by Crippen LogP contribution is -2.53. The molecule has 0 radical (unpaired) electrons. The van der Waals surface area contributed by atoms with Gasteiger partial charge < -0.3 is 30.4 Å². The van der Waals surface area contributed by atoms with Gasteiger partial charge in [-0.15, -0.1) is 0 Å². The number of carbonyl (C=O) groups is 3. The minimum atomic E-state index is -0.985. The largest absolute Gasteiger partial charge is 0.389 e. The molecule has 4 amide bonds. The number of piperidine rings is 1. The summed E-state index contributed by atoms with van der Waals surface area (Å²) in [7, 11) is 0. The number of nitrogens with zero attached hydrogens (tertiary/aromatic N) is 3. The molecule has 9 heteroatoms. The molecule has 9 nitrogen and oxygen atoms in total. The Morgan fingerprint density at radius 3 is 2.32 bits per heavy atom. The van der Waals surface area contributed by atoms with Gasteiger partial charge in [0.1, 0.15) is 0 Å². The number of urea groups is 1. The number of nitrogens with one attached hydrogen (secondary N) is 2. The second kappa shape index (κ2) is 15.4. The van der Waals surface area contributed by atoms with Crippen molar-refractivity contribution in [2.75, 3.05) is 42.5 Å². The smallest absolute Gasteiger partial charge is 0.317 e. The van der Waals surface area contributed by atoms with E-state index in [1.54, 1.807) is 15.9 Å². The fourth-order valence-electron chi connectivity index (χ4n) is 6.76. The van der Waals surface area contributed by atoms with E-state index in [1.165, 1.54) is 12.8 Å². The molecule has 3 aliphatic rings. The lowest BCUT2D eigenvalue weighted by Gasteiger charge is -2.32. The Bertz CT molecular complexity index is 1260. The molecule has 2 aliphatic heterocycles. The maximum absolute atomic E-state index is 13.9. The van der Waals surface area contributed by atoms with E-state index >= 15 is 0 Å². The summed E-state index contributed by atoms with van der Waals surface area (Å²) < 4.78 is 0. The first-order chi connectivity index (χ1) is 21.4. The molecule has 2 unspecified atom stereocenters. The monoisotopic (exact) mass is 603 g/mol. The topological polar surface area (TPSA) is 105 Å². The fraction of sp³-hybridized carbons (Fsp3) is 0.571. The van der Waals surface area contributed by atoms with Crippen LogP contribution in [0.25, 0.3) is 0 Å². The Balaban J connectivity index is 1.36. The normalized spacial score (nSPS) is 19.0. The summed E-state index contributed by atoms with van der Waals surface area (Å²) in [5, 5.41) is 17.8. The van der Waals surface area contributed by atoms with E-state index in [1.807, 2.05) is 49.4 Å². The number of rotatable bonds is 11. The number of aliphatic hydroxyl groups is 1. The van der Waals surface area contributed by atoms with E-state index in [2.05, 4.69) is 15.5 Å². The van der Waals surface area contributed by atoms with Gasteiger partial charge in [0.15, 0.2) is 0 Å². The summed E-state index contributed by atoms with van der Waals surface area (Å²) in [6.07, 6.45) is 9.57. The van der Waals surface area contributed by atoms with Crippen LogP contribution < -0.4 is 20.4 Å². The van der Waals surface area contributed by atoms with Crippen molar-refractivity contribution in [1.29, 1.82) is 0 Å². The van der Waals surface area contributed by atoms with Gasteiger partial charge in [-0.2, -0.15) is 0 Å². The van der Waals surface area contributed by atoms with Gasteiger partial charge in [0.05, 0.1) is 18.7 Å². The van der Waals surface area contributed by atoms with E-state index in [4.69, 9.17) is 0 Å². The lowest BCUT2D eigenvalue weighted by molar-refractivity contribution is -0.117. The number of likely N-dealkylation sites (N-methyl/N-ethyl adjacent to an activating group) is 1. The third-order valence-electron chi connectivity index (χ3n) is 9.36. The quantitative estimate of drug-likeness (QED) is 0.340. The highest BCUT2D eigenvalue weighted by Crippen LogP contribution is 2.30. The molecule has 0 aromatic heterocycles. The van der Waals surface area contributed by atoms with Crippen LogP contribution in [0.1, 0.15) is 87.1 Å². The van der Waals surface area contributed by atoms with Gasteiger partial charge in [-0.25, -0.2) is 4.79 Å². The summed E-state index contributed by atoms with van der Waals surface area (Å²) >= 11 is 0. The molecule has 2 atom stereocenters. The predicted molar refractivity (Wildman–Crippen MR) is 174 cm³/mol. The van der Waals surface area contributed by atoms with Crippen LogP contribution in [-0.4, -0.2) is 78.8 Å². The Labute approximate surface area is 262 Å². The van der Waals surface area contributed by atoms with Crippen molar-refractivity contribution in [3.63, 3.8) is 0 Å².